The average Bonchev–Trinajstić information content (AvgIpc) is 3.48. The number of nitrogens with zero attached hydrogens (tertiary/aromatic N) is 3. The molecule has 2 aliphatic rings. The van der Waals surface area contributed by atoms with Crippen LogP contribution in [-0.4, -0.2) is 46.0 Å². The highest BCUT2D eigenvalue weighted by atomic mass is 32.2. The number of fused-ring (bicyclic) bond motifs is 4. The minimum Gasteiger partial charge on any atom is -0.493 e. The second kappa shape index (κ2) is 7.54. The highest BCUT2D eigenvalue weighted by Gasteiger charge is 2.25. The molecule has 0 bridgehead atoms. The molecular weight excluding hydrogens is 404 g/mol. The first kappa shape index (κ1) is 19.3. The number of methoxy groups -OCH3 is 2. The minimum absolute atomic E-state index is 0.0649. The molecule has 0 atom stereocenters. The molecule has 2 aromatic heterocycles. The fourth-order valence-electron chi connectivity index (χ4n) is 4.54. The second-order valence-electron chi connectivity index (χ2n) is 7.76. The van der Waals surface area contributed by atoms with Gasteiger partial charge in [-0.05, 0) is 18.9 Å². The molecule has 9 heteroatoms. The SMILES string of the molecule is COc1cc2c3nc4n(c(=O)c3n(CC(=O)NC3CCCC3)c2cc1OC)CCS4. The van der Waals surface area contributed by atoms with E-state index in [0.717, 1.165) is 47.5 Å². The molecule has 0 radical (unpaired) electrons. The molecule has 1 fully saturated rings. The van der Waals surface area contributed by atoms with E-state index in [-0.39, 0.29) is 24.1 Å². The molecule has 8 nitrogen and oxygen atoms in total. The Morgan fingerprint density at radius 3 is 2.70 bits per heavy atom. The Morgan fingerprint density at radius 1 is 1.23 bits per heavy atom. The Bertz CT molecular complexity index is 1210. The molecule has 30 heavy (non-hydrogen) atoms. The van der Waals surface area contributed by atoms with Crippen LogP contribution in [-0.2, 0) is 17.9 Å². The smallest absolute Gasteiger partial charge is 0.278 e. The van der Waals surface area contributed by atoms with E-state index in [9.17, 15) is 9.59 Å². The number of carbonyl (C=O) groups is 1. The summed E-state index contributed by atoms with van der Waals surface area (Å²) in [5.41, 5.74) is 1.68. The van der Waals surface area contributed by atoms with Crippen LogP contribution in [0.2, 0.25) is 0 Å². The lowest BCUT2D eigenvalue weighted by Crippen LogP contribution is -2.35. The number of benzene rings is 1. The zero-order valence-corrected chi connectivity index (χ0v) is 17.9. The minimum atomic E-state index is -0.109. The van der Waals surface area contributed by atoms with Gasteiger partial charge in [0.05, 0.1) is 19.7 Å². The lowest BCUT2D eigenvalue weighted by Gasteiger charge is -2.14. The van der Waals surface area contributed by atoms with Gasteiger partial charge >= 0.3 is 0 Å². The van der Waals surface area contributed by atoms with E-state index in [2.05, 4.69) is 5.32 Å². The molecule has 1 N–H and O–H groups in total. The third-order valence-electron chi connectivity index (χ3n) is 6.00. The van der Waals surface area contributed by atoms with Crippen molar-refractivity contribution in [1.82, 2.24) is 19.4 Å². The highest BCUT2D eigenvalue weighted by Crippen LogP contribution is 2.37. The second-order valence-corrected chi connectivity index (χ2v) is 8.82. The van der Waals surface area contributed by atoms with Crippen molar-refractivity contribution in [3.63, 3.8) is 0 Å². The molecule has 1 aromatic carbocycles. The van der Waals surface area contributed by atoms with Crippen molar-refractivity contribution >= 4 is 39.6 Å². The zero-order chi connectivity index (χ0) is 20.8. The molecule has 3 aromatic rings. The summed E-state index contributed by atoms with van der Waals surface area (Å²) in [7, 11) is 3.15. The van der Waals surface area contributed by atoms with Crippen molar-refractivity contribution in [2.75, 3.05) is 20.0 Å². The first-order valence-corrected chi connectivity index (χ1v) is 11.2. The van der Waals surface area contributed by atoms with Gasteiger partial charge in [0.25, 0.3) is 5.56 Å². The van der Waals surface area contributed by atoms with Crippen LogP contribution in [0.15, 0.2) is 22.1 Å². The molecule has 0 spiro atoms. The standard InChI is InChI=1S/C21H24N4O4S/c1-28-15-9-13-14(10-16(15)29-2)25(11-17(26)22-12-5-3-4-6-12)19-18(13)23-21-24(20(19)27)7-8-30-21/h9-10,12H,3-8,11H2,1-2H3,(H,22,26). The maximum Gasteiger partial charge on any atom is 0.278 e. The molecule has 5 rings (SSSR count). The molecule has 1 aliphatic carbocycles. The van der Waals surface area contributed by atoms with Crippen molar-refractivity contribution < 1.29 is 14.3 Å². The van der Waals surface area contributed by atoms with Gasteiger partial charge in [-0.3, -0.25) is 14.2 Å². The van der Waals surface area contributed by atoms with E-state index in [1.807, 2.05) is 12.1 Å². The predicted molar refractivity (Wildman–Crippen MR) is 116 cm³/mol. The summed E-state index contributed by atoms with van der Waals surface area (Å²) >= 11 is 1.57. The van der Waals surface area contributed by atoms with Crippen LogP contribution >= 0.6 is 11.8 Å². The van der Waals surface area contributed by atoms with Crippen LogP contribution in [0, 0.1) is 0 Å². The molecule has 1 saturated carbocycles. The molecule has 158 valence electrons. The normalized spacial score (nSPS) is 16.3. The van der Waals surface area contributed by atoms with Gasteiger partial charge in [-0.15, -0.1) is 0 Å². The number of rotatable bonds is 5. The number of amides is 1. The largest absolute Gasteiger partial charge is 0.493 e. The monoisotopic (exact) mass is 428 g/mol. The molecular formula is C21H24N4O4S. The van der Waals surface area contributed by atoms with Crippen LogP contribution in [0.5, 0.6) is 11.5 Å². The number of nitrogens with one attached hydrogen (secondary N) is 1. The van der Waals surface area contributed by atoms with Crippen LogP contribution in [0.1, 0.15) is 25.7 Å². The Kier molecular flexibility index (Phi) is 4.85. The van der Waals surface area contributed by atoms with Gasteiger partial charge in [0.1, 0.15) is 17.6 Å². The summed E-state index contributed by atoms with van der Waals surface area (Å²) in [5.74, 6) is 1.85. The lowest BCUT2D eigenvalue weighted by atomic mass is 10.2. The fraction of sp³-hybridized carbons (Fsp3) is 0.476. The number of thioether (sulfide) groups is 1. The van der Waals surface area contributed by atoms with Gasteiger partial charge in [0.2, 0.25) is 5.91 Å². The van der Waals surface area contributed by atoms with Gasteiger partial charge < -0.3 is 19.4 Å². The quantitative estimate of drug-likeness (QED) is 0.629. The van der Waals surface area contributed by atoms with E-state index in [4.69, 9.17) is 14.5 Å². The topological polar surface area (TPSA) is 87.4 Å². The molecule has 3 heterocycles. The van der Waals surface area contributed by atoms with Crippen molar-refractivity contribution in [3.8, 4) is 11.5 Å². The Labute approximate surface area is 177 Å². The summed E-state index contributed by atoms with van der Waals surface area (Å²) in [5, 5.41) is 4.62. The Balaban J connectivity index is 1.71. The third-order valence-corrected chi connectivity index (χ3v) is 6.95. The Morgan fingerprint density at radius 2 is 1.97 bits per heavy atom. The van der Waals surface area contributed by atoms with Crippen molar-refractivity contribution in [2.45, 2.75) is 50.0 Å². The summed E-state index contributed by atoms with van der Waals surface area (Å²) < 4.78 is 14.4. The van der Waals surface area contributed by atoms with Gasteiger partial charge in [-0.2, -0.15) is 0 Å². The number of carbonyl (C=O) groups excluding carboxylic acids is 1. The van der Waals surface area contributed by atoms with E-state index in [1.165, 1.54) is 0 Å². The van der Waals surface area contributed by atoms with E-state index in [0.29, 0.717) is 29.1 Å². The maximum absolute atomic E-state index is 13.3. The number of aromatic nitrogens is 3. The number of ether oxygens (including phenoxy) is 2. The number of hydrogen-bond donors (Lipinski definition) is 1. The van der Waals surface area contributed by atoms with Gasteiger partial charge in [0.15, 0.2) is 16.7 Å². The molecule has 0 unspecified atom stereocenters. The van der Waals surface area contributed by atoms with E-state index in [1.54, 1.807) is 35.1 Å². The lowest BCUT2D eigenvalue weighted by molar-refractivity contribution is -0.122. The maximum atomic E-state index is 13.3. The summed E-state index contributed by atoms with van der Waals surface area (Å²) in [6.07, 6.45) is 4.32. The van der Waals surface area contributed by atoms with E-state index < -0.39 is 0 Å². The van der Waals surface area contributed by atoms with Gasteiger partial charge in [-0.25, -0.2) is 4.98 Å². The zero-order valence-electron chi connectivity index (χ0n) is 17.1. The third kappa shape index (κ3) is 3.03. The van der Waals surface area contributed by atoms with Crippen LogP contribution < -0.4 is 20.3 Å². The number of hydrogen-bond acceptors (Lipinski definition) is 6. The molecule has 1 aliphatic heterocycles. The van der Waals surface area contributed by atoms with Gasteiger partial charge in [-0.1, -0.05) is 24.6 Å². The highest BCUT2D eigenvalue weighted by molar-refractivity contribution is 7.99. The summed E-state index contributed by atoms with van der Waals surface area (Å²) in [4.78, 5) is 31.0. The van der Waals surface area contributed by atoms with Crippen LogP contribution in [0.25, 0.3) is 21.9 Å². The first-order chi connectivity index (χ1) is 14.6. The summed E-state index contributed by atoms with van der Waals surface area (Å²) in [6.45, 7) is 0.694. The Hall–Kier alpha value is -2.68. The van der Waals surface area contributed by atoms with E-state index >= 15 is 0 Å². The van der Waals surface area contributed by atoms with Crippen LogP contribution in [0.3, 0.4) is 0 Å². The average molecular weight is 429 g/mol. The van der Waals surface area contributed by atoms with Crippen molar-refractivity contribution in [1.29, 1.82) is 0 Å². The van der Waals surface area contributed by atoms with Crippen LogP contribution in [0.4, 0.5) is 0 Å². The first-order valence-electron chi connectivity index (χ1n) is 10.2. The molecule has 1 amide bonds. The molecule has 0 saturated heterocycles. The summed E-state index contributed by atoms with van der Waals surface area (Å²) in [6, 6.07) is 3.88. The van der Waals surface area contributed by atoms with Gasteiger partial charge in [0, 0.05) is 29.8 Å². The fourth-order valence-corrected chi connectivity index (χ4v) is 5.49. The van der Waals surface area contributed by atoms with Crippen molar-refractivity contribution in [3.05, 3.63) is 22.5 Å². The van der Waals surface area contributed by atoms with Crippen molar-refractivity contribution in [2.24, 2.45) is 0 Å². The predicted octanol–water partition coefficient (Wildman–Crippen LogP) is 2.53.